The van der Waals surface area contributed by atoms with Gasteiger partial charge in [-0.15, -0.1) is 0 Å². The lowest BCUT2D eigenvalue weighted by atomic mass is 10.1. The monoisotopic (exact) mass is 281 g/mol. The Morgan fingerprint density at radius 2 is 1.65 bits per heavy atom. The van der Waals surface area contributed by atoms with Gasteiger partial charge in [-0.2, -0.15) is 0 Å². The van der Waals surface area contributed by atoms with Crippen LogP contribution in [0.25, 0.3) is 0 Å². The Balaban J connectivity index is 2.17. The van der Waals surface area contributed by atoms with Crippen molar-refractivity contribution in [1.29, 1.82) is 0 Å². The van der Waals surface area contributed by atoms with Crippen LogP contribution in [0.5, 0.6) is 0 Å². The Hall–Kier alpha value is -2.01. The molecule has 0 spiro atoms. The third kappa shape index (κ3) is 2.93. The maximum absolute atomic E-state index is 13.6. The lowest BCUT2D eigenvalue weighted by Gasteiger charge is -2.23. The van der Waals surface area contributed by atoms with Gasteiger partial charge < -0.3 is 10.0 Å². The average Bonchev–Trinajstić information content (AvgIpc) is 2.42. The topological polar surface area (TPSA) is 23.5 Å². The van der Waals surface area contributed by atoms with E-state index < -0.39 is 23.6 Å². The number of hydrogen-bond donors (Lipinski definition) is 1. The molecule has 106 valence electrons. The van der Waals surface area contributed by atoms with Crippen molar-refractivity contribution in [3.63, 3.8) is 0 Å². The number of benzene rings is 2. The number of hydrogen-bond acceptors (Lipinski definition) is 2. The molecule has 0 aliphatic heterocycles. The van der Waals surface area contributed by atoms with E-state index in [0.717, 1.165) is 6.07 Å². The Morgan fingerprint density at radius 1 is 1.00 bits per heavy atom. The van der Waals surface area contributed by atoms with Gasteiger partial charge in [0.15, 0.2) is 11.6 Å². The molecule has 0 radical (unpaired) electrons. The minimum atomic E-state index is -1.25. The van der Waals surface area contributed by atoms with Crippen LogP contribution in [0.4, 0.5) is 18.9 Å². The molecule has 1 unspecified atom stereocenters. The molecule has 0 saturated carbocycles. The van der Waals surface area contributed by atoms with Crippen molar-refractivity contribution in [3.05, 3.63) is 65.5 Å². The fourth-order valence-electron chi connectivity index (χ4n) is 2.00. The second-order valence-corrected chi connectivity index (χ2v) is 4.49. The van der Waals surface area contributed by atoms with Crippen molar-refractivity contribution < 1.29 is 18.3 Å². The van der Waals surface area contributed by atoms with Crippen molar-refractivity contribution in [3.8, 4) is 0 Å². The van der Waals surface area contributed by atoms with Gasteiger partial charge in [-0.05, 0) is 18.2 Å². The van der Waals surface area contributed by atoms with Crippen LogP contribution < -0.4 is 4.90 Å². The third-order valence-electron chi connectivity index (χ3n) is 3.05. The summed E-state index contributed by atoms with van der Waals surface area (Å²) < 4.78 is 40.2. The summed E-state index contributed by atoms with van der Waals surface area (Å²) in [7, 11) is 1.57. The van der Waals surface area contributed by atoms with E-state index in [4.69, 9.17) is 0 Å². The summed E-state index contributed by atoms with van der Waals surface area (Å²) in [5, 5.41) is 9.98. The first-order chi connectivity index (χ1) is 9.50. The van der Waals surface area contributed by atoms with Gasteiger partial charge in [-0.25, -0.2) is 13.2 Å². The molecule has 1 N–H and O–H groups in total. The number of halogens is 3. The van der Waals surface area contributed by atoms with E-state index in [2.05, 4.69) is 0 Å². The molecule has 0 bridgehead atoms. The number of nitrogens with zero attached hydrogens (tertiary/aromatic N) is 1. The lowest BCUT2D eigenvalue weighted by molar-refractivity contribution is 0.178. The molecular formula is C15H14F3NO. The molecule has 0 heterocycles. The maximum atomic E-state index is 13.6. The smallest absolute Gasteiger partial charge is 0.164 e. The zero-order chi connectivity index (χ0) is 14.7. The predicted molar refractivity (Wildman–Crippen MR) is 71.0 cm³/mol. The molecule has 5 heteroatoms. The van der Waals surface area contributed by atoms with E-state index in [-0.39, 0.29) is 17.8 Å². The Kier molecular flexibility index (Phi) is 4.29. The maximum Gasteiger partial charge on any atom is 0.164 e. The Bertz CT molecular complexity index is 603. The van der Waals surface area contributed by atoms with Crippen molar-refractivity contribution in [1.82, 2.24) is 0 Å². The van der Waals surface area contributed by atoms with E-state index >= 15 is 0 Å². The highest BCUT2D eigenvalue weighted by Crippen LogP contribution is 2.23. The van der Waals surface area contributed by atoms with Gasteiger partial charge in [0.25, 0.3) is 0 Å². The minimum absolute atomic E-state index is 0.0543. The zero-order valence-electron chi connectivity index (χ0n) is 10.9. The van der Waals surface area contributed by atoms with Crippen molar-refractivity contribution in [2.45, 2.75) is 6.10 Å². The van der Waals surface area contributed by atoms with Crippen LogP contribution >= 0.6 is 0 Å². The van der Waals surface area contributed by atoms with E-state index in [0.29, 0.717) is 0 Å². The summed E-state index contributed by atoms with van der Waals surface area (Å²) in [6.07, 6.45) is -1.25. The molecule has 2 aromatic carbocycles. The van der Waals surface area contributed by atoms with Crippen molar-refractivity contribution in [2.24, 2.45) is 0 Å². The van der Waals surface area contributed by atoms with Gasteiger partial charge >= 0.3 is 0 Å². The first-order valence-electron chi connectivity index (χ1n) is 6.08. The van der Waals surface area contributed by atoms with Crippen molar-refractivity contribution in [2.75, 3.05) is 18.5 Å². The molecule has 0 aromatic heterocycles. The molecular weight excluding hydrogens is 267 g/mol. The summed E-state index contributed by atoms with van der Waals surface area (Å²) >= 11 is 0. The highest BCUT2D eigenvalue weighted by molar-refractivity contribution is 5.47. The molecule has 2 rings (SSSR count). The van der Waals surface area contributed by atoms with Crippen LogP contribution in [-0.2, 0) is 0 Å². The van der Waals surface area contributed by atoms with Gasteiger partial charge in [0.1, 0.15) is 5.82 Å². The van der Waals surface area contributed by atoms with E-state index in [1.807, 2.05) is 0 Å². The van der Waals surface area contributed by atoms with Crippen LogP contribution in [0.2, 0.25) is 0 Å². The zero-order valence-corrected chi connectivity index (χ0v) is 10.9. The highest BCUT2D eigenvalue weighted by Gasteiger charge is 2.18. The fraction of sp³-hybridized carbons (Fsp3) is 0.200. The summed E-state index contributed by atoms with van der Waals surface area (Å²) in [5.41, 5.74) is 0.136. The summed E-state index contributed by atoms with van der Waals surface area (Å²) in [6, 6.07) is 9.65. The fourth-order valence-corrected chi connectivity index (χ4v) is 2.00. The Morgan fingerprint density at radius 3 is 2.35 bits per heavy atom. The van der Waals surface area contributed by atoms with E-state index in [1.165, 1.54) is 23.1 Å². The standard InChI is InChI=1S/C15H14F3NO/c1-19(13-8-3-2-6-11(13)16)9-14(20)10-5-4-7-12(17)15(10)18/h2-8,14,20H,9H2,1H3. The van der Waals surface area contributed by atoms with Crippen LogP contribution in [0, 0.1) is 17.5 Å². The van der Waals surface area contributed by atoms with E-state index in [1.54, 1.807) is 25.2 Å². The molecule has 1 atom stereocenters. The SMILES string of the molecule is CN(CC(O)c1cccc(F)c1F)c1ccccc1F. The summed E-state index contributed by atoms with van der Waals surface area (Å²) in [6.45, 7) is -0.0543. The number of aliphatic hydroxyl groups is 1. The third-order valence-corrected chi connectivity index (χ3v) is 3.05. The van der Waals surface area contributed by atoms with Crippen LogP contribution in [-0.4, -0.2) is 18.7 Å². The molecule has 20 heavy (non-hydrogen) atoms. The van der Waals surface area contributed by atoms with Crippen molar-refractivity contribution >= 4 is 5.69 Å². The lowest BCUT2D eigenvalue weighted by Crippen LogP contribution is -2.25. The van der Waals surface area contributed by atoms with Gasteiger partial charge in [-0.1, -0.05) is 24.3 Å². The Labute approximate surface area is 115 Å². The van der Waals surface area contributed by atoms with Gasteiger partial charge in [0, 0.05) is 19.2 Å². The second kappa shape index (κ2) is 5.96. The number of anilines is 1. The van der Waals surface area contributed by atoms with Crippen LogP contribution in [0.1, 0.15) is 11.7 Å². The van der Waals surface area contributed by atoms with E-state index in [9.17, 15) is 18.3 Å². The minimum Gasteiger partial charge on any atom is -0.386 e. The summed E-state index contributed by atoms with van der Waals surface area (Å²) in [5.74, 6) is -2.54. The van der Waals surface area contributed by atoms with Crippen LogP contribution in [0.15, 0.2) is 42.5 Å². The molecule has 0 aliphatic rings. The first-order valence-corrected chi connectivity index (χ1v) is 6.08. The van der Waals surface area contributed by atoms with Gasteiger partial charge in [0.2, 0.25) is 0 Å². The first kappa shape index (κ1) is 14.4. The number of aliphatic hydroxyl groups excluding tert-OH is 1. The summed E-state index contributed by atoms with van der Waals surface area (Å²) in [4.78, 5) is 1.45. The molecule has 2 nitrogen and oxygen atoms in total. The number of rotatable bonds is 4. The second-order valence-electron chi connectivity index (χ2n) is 4.49. The molecule has 0 saturated heterocycles. The van der Waals surface area contributed by atoms with Gasteiger partial charge in [-0.3, -0.25) is 0 Å². The molecule has 2 aromatic rings. The van der Waals surface area contributed by atoms with Gasteiger partial charge in [0.05, 0.1) is 11.8 Å². The van der Waals surface area contributed by atoms with Crippen LogP contribution in [0.3, 0.4) is 0 Å². The largest absolute Gasteiger partial charge is 0.386 e. The number of likely N-dealkylation sites (N-methyl/N-ethyl adjacent to an activating group) is 1. The molecule has 0 amide bonds. The normalized spacial score (nSPS) is 12.2. The average molecular weight is 281 g/mol. The quantitative estimate of drug-likeness (QED) is 0.929. The molecule has 0 aliphatic carbocycles. The number of para-hydroxylation sites is 1. The predicted octanol–water partition coefficient (Wildman–Crippen LogP) is 3.27. The highest BCUT2D eigenvalue weighted by atomic mass is 19.2. The molecule has 0 fully saturated rings.